The van der Waals surface area contributed by atoms with Crippen LogP contribution in [0.25, 0.3) is 0 Å². The summed E-state index contributed by atoms with van der Waals surface area (Å²) in [5.41, 5.74) is 1.30. The molecule has 0 saturated carbocycles. The number of hydrogen-bond donors (Lipinski definition) is 1. The summed E-state index contributed by atoms with van der Waals surface area (Å²) in [6, 6.07) is 25.8. The molecule has 3 unspecified atom stereocenters. The van der Waals surface area contributed by atoms with Crippen LogP contribution in [0, 0.1) is 0 Å². The van der Waals surface area contributed by atoms with Gasteiger partial charge < -0.3 is 24.1 Å². The Kier molecular flexibility index (Phi) is 10.2. The van der Waals surface area contributed by atoms with Crippen molar-refractivity contribution in [2.24, 2.45) is 0 Å². The molecule has 0 amide bonds. The van der Waals surface area contributed by atoms with Gasteiger partial charge in [0.25, 0.3) is 0 Å². The number of esters is 2. The Morgan fingerprint density at radius 3 is 1.75 bits per heavy atom. The fourth-order valence-corrected chi connectivity index (χ4v) is 3.49. The molecule has 1 fully saturated rings. The number of aromatic carboxylic acids is 1. The van der Waals surface area contributed by atoms with Crippen molar-refractivity contribution in [3.05, 3.63) is 108 Å². The van der Waals surface area contributed by atoms with Gasteiger partial charge in [-0.1, -0.05) is 54.6 Å². The average molecular weight is 493 g/mol. The van der Waals surface area contributed by atoms with Crippen molar-refractivity contribution >= 4 is 17.9 Å². The zero-order chi connectivity index (χ0) is 25.8. The van der Waals surface area contributed by atoms with E-state index in [1.165, 1.54) is 7.11 Å². The zero-order valence-electron chi connectivity index (χ0n) is 19.8. The SMILES string of the molecule is COC1CC(OC(=O)c2ccccc2)CC(COC(=O)c2ccccc2)O1.O=C(O)c1ccccc1. The minimum atomic E-state index is -0.879. The molecule has 1 saturated heterocycles. The van der Waals surface area contributed by atoms with Gasteiger partial charge in [0.2, 0.25) is 0 Å². The lowest BCUT2D eigenvalue weighted by Crippen LogP contribution is -2.41. The van der Waals surface area contributed by atoms with Gasteiger partial charge in [-0.25, -0.2) is 14.4 Å². The quantitative estimate of drug-likeness (QED) is 0.477. The number of benzene rings is 3. The van der Waals surface area contributed by atoms with Crippen LogP contribution in [0.5, 0.6) is 0 Å². The van der Waals surface area contributed by atoms with Crippen LogP contribution in [-0.2, 0) is 18.9 Å². The second-order valence-corrected chi connectivity index (χ2v) is 7.92. The molecule has 1 heterocycles. The minimum absolute atomic E-state index is 0.0625. The van der Waals surface area contributed by atoms with Crippen molar-refractivity contribution in [3.63, 3.8) is 0 Å². The predicted molar refractivity (Wildman–Crippen MR) is 131 cm³/mol. The maximum atomic E-state index is 12.3. The highest BCUT2D eigenvalue weighted by atomic mass is 16.7. The summed E-state index contributed by atoms with van der Waals surface area (Å²) in [6.07, 6.45) is -0.451. The fraction of sp³-hybridized carbons (Fsp3) is 0.250. The van der Waals surface area contributed by atoms with E-state index in [0.717, 1.165) is 0 Å². The molecule has 3 atom stereocenters. The third kappa shape index (κ3) is 8.33. The molecule has 0 bridgehead atoms. The highest BCUT2D eigenvalue weighted by Gasteiger charge is 2.33. The average Bonchev–Trinajstić information content (AvgIpc) is 2.93. The summed E-state index contributed by atoms with van der Waals surface area (Å²) in [4.78, 5) is 34.6. The molecule has 188 valence electrons. The summed E-state index contributed by atoms with van der Waals surface area (Å²) >= 11 is 0. The van der Waals surface area contributed by atoms with Gasteiger partial charge in [-0.2, -0.15) is 0 Å². The molecule has 36 heavy (non-hydrogen) atoms. The molecule has 4 rings (SSSR count). The molecule has 0 radical (unpaired) electrons. The minimum Gasteiger partial charge on any atom is -0.478 e. The number of methoxy groups -OCH3 is 1. The molecule has 8 heteroatoms. The summed E-state index contributed by atoms with van der Waals surface area (Å²) in [7, 11) is 1.53. The van der Waals surface area contributed by atoms with Crippen LogP contribution < -0.4 is 0 Å². The highest BCUT2D eigenvalue weighted by molar-refractivity contribution is 5.90. The lowest BCUT2D eigenvalue weighted by molar-refractivity contribution is -0.210. The molecule has 1 N–H and O–H groups in total. The van der Waals surface area contributed by atoms with E-state index in [9.17, 15) is 14.4 Å². The molecule has 3 aromatic carbocycles. The van der Waals surface area contributed by atoms with E-state index in [2.05, 4.69) is 0 Å². The van der Waals surface area contributed by atoms with Crippen LogP contribution in [0.2, 0.25) is 0 Å². The van der Waals surface area contributed by atoms with Crippen molar-refractivity contribution in [1.82, 2.24) is 0 Å². The second kappa shape index (κ2) is 13.8. The van der Waals surface area contributed by atoms with Crippen LogP contribution >= 0.6 is 0 Å². The van der Waals surface area contributed by atoms with Crippen molar-refractivity contribution in [2.45, 2.75) is 31.3 Å². The molecule has 1 aliphatic heterocycles. The zero-order valence-corrected chi connectivity index (χ0v) is 19.8. The lowest BCUT2D eigenvalue weighted by Gasteiger charge is -2.33. The summed E-state index contributed by atoms with van der Waals surface area (Å²) in [6.45, 7) is 0.0625. The van der Waals surface area contributed by atoms with Crippen molar-refractivity contribution in [1.29, 1.82) is 0 Å². The normalized spacial score (nSPS) is 18.8. The predicted octanol–water partition coefficient (Wildman–Crippen LogP) is 4.61. The molecule has 1 aliphatic rings. The van der Waals surface area contributed by atoms with E-state index in [1.54, 1.807) is 78.9 Å². The number of carboxylic acids is 1. The van der Waals surface area contributed by atoms with Crippen LogP contribution in [0.15, 0.2) is 91.0 Å². The number of carbonyl (C=O) groups is 3. The Hall–Kier alpha value is -4.01. The molecular weight excluding hydrogens is 464 g/mol. The van der Waals surface area contributed by atoms with Crippen LogP contribution in [0.3, 0.4) is 0 Å². The van der Waals surface area contributed by atoms with Crippen LogP contribution in [0.1, 0.15) is 43.9 Å². The van der Waals surface area contributed by atoms with E-state index < -0.39 is 30.3 Å². The highest BCUT2D eigenvalue weighted by Crippen LogP contribution is 2.24. The van der Waals surface area contributed by atoms with Gasteiger partial charge >= 0.3 is 17.9 Å². The van der Waals surface area contributed by atoms with Gasteiger partial charge in [0.15, 0.2) is 6.29 Å². The monoisotopic (exact) mass is 492 g/mol. The van der Waals surface area contributed by atoms with E-state index in [0.29, 0.717) is 29.5 Å². The Balaban J connectivity index is 0.000000338. The summed E-state index contributed by atoms with van der Waals surface area (Å²) in [5, 5.41) is 8.38. The van der Waals surface area contributed by atoms with Gasteiger partial charge in [0.1, 0.15) is 12.7 Å². The van der Waals surface area contributed by atoms with Crippen LogP contribution in [0.4, 0.5) is 0 Å². The van der Waals surface area contributed by atoms with Gasteiger partial charge in [0, 0.05) is 20.0 Å². The van der Waals surface area contributed by atoms with E-state index in [4.69, 9.17) is 24.1 Å². The van der Waals surface area contributed by atoms with Gasteiger partial charge in [-0.05, 0) is 36.4 Å². The van der Waals surface area contributed by atoms with Gasteiger partial charge in [-0.3, -0.25) is 0 Å². The first-order valence-corrected chi connectivity index (χ1v) is 11.4. The molecule has 3 aromatic rings. The fourth-order valence-electron chi connectivity index (χ4n) is 3.49. The lowest BCUT2D eigenvalue weighted by atomic mass is 10.1. The third-order valence-corrected chi connectivity index (χ3v) is 5.30. The largest absolute Gasteiger partial charge is 0.478 e. The first-order chi connectivity index (χ1) is 17.5. The van der Waals surface area contributed by atoms with E-state index in [-0.39, 0.29) is 12.7 Å². The summed E-state index contributed by atoms with van der Waals surface area (Å²) in [5.74, 6) is -1.69. The molecule has 8 nitrogen and oxygen atoms in total. The van der Waals surface area contributed by atoms with Crippen molar-refractivity contribution < 1.29 is 38.4 Å². The number of ether oxygens (including phenoxy) is 4. The maximum Gasteiger partial charge on any atom is 0.338 e. The number of rotatable bonds is 7. The van der Waals surface area contributed by atoms with Gasteiger partial charge in [0.05, 0.1) is 22.8 Å². The Bertz CT molecular complexity index is 1100. The second-order valence-electron chi connectivity index (χ2n) is 7.92. The number of hydrogen-bond acceptors (Lipinski definition) is 7. The first kappa shape index (κ1) is 26.6. The smallest absolute Gasteiger partial charge is 0.338 e. The maximum absolute atomic E-state index is 12.3. The van der Waals surface area contributed by atoms with Gasteiger partial charge in [-0.15, -0.1) is 0 Å². The molecule has 0 aromatic heterocycles. The topological polar surface area (TPSA) is 108 Å². The Labute approximate surface area is 209 Å². The first-order valence-electron chi connectivity index (χ1n) is 11.4. The van der Waals surface area contributed by atoms with Crippen LogP contribution in [-0.4, -0.2) is 55.2 Å². The Morgan fingerprint density at radius 1 is 0.778 bits per heavy atom. The van der Waals surface area contributed by atoms with E-state index >= 15 is 0 Å². The molecule has 0 aliphatic carbocycles. The Morgan fingerprint density at radius 2 is 1.28 bits per heavy atom. The number of carboxylic acid groups (broad SMARTS) is 1. The van der Waals surface area contributed by atoms with Crippen molar-refractivity contribution in [2.75, 3.05) is 13.7 Å². The molecule has 0 spiro atoms. The standard InChI is InChI=1S/C21H22O6.C7H6O2/c1-24-19-13-17(27-21(23)16-10-6-3-7-11-16)12-18(26-19)14-25-20(22)15-8-4-2-5-9-15;8-7(9)6-4-2-1-3-5-6/h2-11,17-19H,12-14H2,1H3;1-5H,(H,8,9). The third-order valence-electron chi connectivity index (χ3n) is 5.30. The number of carbonyl (C=O) groups excluding carboxylic acids is 2. The molecular formula is C28H28O8. The van der Waals surface area contributed by atoms with Crippen molar-refractivity contribution in [3.8, 4) is 0 Å². The summed E-state index contributed by atoms with van der Waals surface area (Å²) < 4.78 is 22.0. The van der Waals surface area contributed by atoms with E-state index in [1.807, 2.05) is 12.1 Å².